The van der Waals surface area contributed by atoms with Gasteiger partial charge in [0.05, 0.1) is 17.3 Å². The number of amides is 1. The average molecular weight is 412 g/mol. The highest BCUT2D eigenvalue weighted by atomic mass is 35.5. The van der Waals surface area contributed by atoms with Gasteiger partial charge < -0.3 is 10.6 Å². The molecule has 28 heavy (non-hydrogen) atoms. The average Bonchev–Trinajstić information content (AvgIpc) is 3.11. The fourth-order valence-electron chi connectivity index (χ4n) is 3.29. The second kappa shape index (κ2) is 8.41. The minimum absolute atomic E-state index is 0.0345. The molecule has 2 N–H and O–H groups in total. The Morgan fingerprint density at radius 1 is 1.21 bits per heavy atom. The minimum Gasteiger partial charge on any atom is -0.381 e. The summed E-state index contributed by atoms with van der Waals surface area (Å²) in [4.78, 5) is 14.5. The van der Waals surface area contributed by atoms with Crippen molar-refractivity contribution in [3.05, 3.63) is 59.1 Å². The monoisotopic (exact) mass is 411 g/mol. The van der Waals surface area contributed by atoms with Crippen molar-refractivity contribution in [2.75, 3.05) is 23.7 Å². The van der Waals surface area contributed by atoms with Crippen molar-refractivity contribution in [1.29, 1.82) is 0 Å². The van der Waals surface area contributed by atoms with E-state index in [-0.39, 0.29) is 16.8 Å². The largest absolute Gasteiger partial charge is 0.418 e. The number of anilines is 2. The standard InChI is InChI=1S/C20H21ClF3N3O/c1-13(27-10-9-16(12-27)25-15-5-3-2-4-6-15)19(28)26-18-8-7-14(21)11-17(18)20(22,23)24/h2-8,11,13,16,25H,9-10,12H2,1H3,(H,26,28). The number of para-hydroxylation sites is 1. The van der Waals surface area contributed by atoms with Crippen molar-refractivity contribution in [3.63, 3.8) is 0 Å². The van der Waals surface area contributed by atoms with Gasteiger partial charge in [0.1, 0.15) is 0 Å². The normalized spacial score (nSPS) is 18.7. The highest BCUT2D eigenvalue weighted by Crippen LogP contribution is 2.36. The van der Waals surface area contributed by atoms with Crippen LogP contribution in [0.4, 0.5) is 24.5 Å². The molecular weight excluding hydrogens is 391 g/mol. The Kier molecular flexibility index (Phi) is 6.15. The van der Waals surface area contributed by atoms with Crippen molar-refractivity contribution in [1.82, 2.24) is 4.90 Å². The van der Waals surface area contributed by atoms with E-state index in [4.69, 9.17) is 11.6 Å². The van der Waals surface area contributed by atoms with Gasteiger partial charge in [0.2, 0.25) is 5.91 Å². The molecule has 2 aromatic rings. The molecule has 1 fully saturated rings. The van der Waals surface area contributed by atoms with Gasteiger partial charge in [0.25, 0.3) is 0 Å². The molecule has 1 aliphatic rings. The molecule has 2 unspecified atom stereocenters. The number of rotatable bonds is 5. The van der Waals surface area contributed by atoms with E-state index in [0.29, 0.717) is 13.1 Å². The van der Waals surface area contributed by atoms with Crippen LogP contribution >= 0.6 is 11.6 Å². The molecule has 8 heteroatoms. The molecule has 4 nitrogen and oxygen atoms in total. The molecule has 1 saturated heterocycles. The molecule has 1 aliphatic heterocycles. The molecule has 1 heterocycles. The van der Waals surface area contributed by atoms with Crippen LogP contribution in [0.3, 0.4) is 0 Å². The predicted molar refractivity (Wildman–Crippen MR) is 105 cm³/mol. The highest BCUT2D eigenvalue weighted by molar-refractivity contribution is 6.30. The minimum atomic E-state index is -4.60. The number of benzene rings is 2. The smallest absolute Gasteiger partial charge is 0.381 e. The topological polar surface area (TPSA) is 44.4 Å². The number of carbonyl (C=O) groups excluding carboxylic acids is 1. The van der Waals surface area contributed by atoms with Crippen LogP contribution in [0.5, 0.6) is 0 Å². The number of hydrogen-bond donors (Lipinski definition) is 2. The van der Waals surface area contributed by atoms with Gasteiger partial charge in [-0.25, -0.2) is 0 Å². The molecule has 1 amide bonds. The fourth-order valence-corrected chi connectivity index (χ4v) is 3.46. The second-order valence-corrected chi connectivity index (χ2v) is 7.28. The zero-order chi connectivity index (χ0) is 20.3. The third-order valence-electron chi connectivity index (χ3n) is 4.84. The van der Waals surface area contributed by atoms with E-state index in [9.17, 15) is 18.0 Å². The summed E-state index contributed by atoms with van der Waals surface area (Å²) >= 11 is 5.68. The number of nitrogens with zero attached hydrogens (tertiary/aromatic N) is 1. The Balaban J connectivity index is 1.63. The summed E-state index contributed by atoms with van der Waals surface area (Å²) in [6.07, 6.45) is -3.75. The van der Waals surface area contributed by atoms with Gasteiger partial charge in [-0.05, 0) is 43.7 Å². The van der Waals surface area contributed by atoms with Gasteiger partial charge in [-0.15, -0.1) is 0 Å². The molecular formula is C20H21ClF3N3O. The zero-order valence-electron chi connectivity index (χ0n) is 15.3. The van der Waals surface area contributed by atoms with Crippen LogP contribution in [0.15, 0.2) is 48.5 Å². The van der Waals surface area contributed by atoms with Gasteiger partial charge >= 0.3 is 6.18 Å². The number of carbonyl (C=O) groups is 1. The molecule has 0 aliphatic carbocycles. The lowest BCUT2D eigenvalue weighted by molar-refractivity contribution is -0.137. The summed E-state index contributed by atoms with van der Waals surface area (Å²) < 4.78 is 39.6. The molecule has 0 aromatic heterocycles. The van der Waals surface area contributed by atoms with E-state index < -0.39 is 23.7 Å². The summed E-state index contributed by atoms with van der Waals surface area (Å²) in [6, 6.07) is 12.7. The van der Waals surface area contributed by atoms with Crippen molar-refractivity contribution in [2.45, 2.75) is 31.6 Å². The SMILES string of the molecule is CC(C(=O)Nc1ccc(Cl)cc1C(F)(F)F)N1CCC(Nc2ccccc2)C1. The van der Waals surface area contributed by atoms with Crippen LogP contribution in [-0.2, 0) is 11.0 Å². The lowest BCUT2D eigenvalue weighted by Gasteiger charge is -2.24. The van der Waals surface area contributed by atoms with E-state index in [2.05, 4.69) is 10.6 Å². The van der Waals surface area contributed by atoms with Gasteiger partial charge in [-0.2, -0.15) is 13.2 Å². The zero-order valence-corrected chi connectivity index (χ0v) is 16.0. The highest BCUT2D eigenvalue weighted by Gasteiger charge is 2.35. The van der Waals surface area contributed by atoms with Crippen LogP contribution in [0, 0.1) is 0 Å². The third kappa shape index (κ3) is 4.97. The van der Waals surface area contributed by atoms with Crippen LogP contribution in [0.2, 0.25) is 5.02 Å². The maximum atomic E-state index is 13.2. The number of halogens is 4. The maximum Gasteiger partial charge on any atom is 0.418 e. The van der Waals surface area contributed by atoms with E-state index in [1.807, 2.05) is 35.2 Å². The molecule has 150 valence electrons. The Morgan fingerprint density at radius 3 is 2.61 bits per heavy atom. The van der Waals surface area contributed by atoms with Crippen LogP contribution < -0.4 is 10.6 Å². The Bertz CT molecular complexity index is 829. The van der Waals surface area contributed by atoms with Crippen LogP contribution in [0.25, 0.3) is 0 Å². The first-order valence-electron chi connectivity index (χ1n) is 8.97. The summed E-state index contributed by atoms with van der Waals surface area (Å²) in [6.45, 7) is 3.02. The van der Waals surface area contributed by atoms with Gasteiger partial charge in [0, 0.05) is 29.8 Å². The molecule has 0 saturated carbocycles. The number of likely N-dealkylation sites (tertiary alicyclic amines) is 1. The predicted octanol–water partition coefficient (Wildman–Crippen LogP) is 4.87. The summed E-state index contributed by atoms with van der Waals surface area (Å²) in [5.41, 5.74) is -0.236. The third-order valence-corrected chi connectivity index (χ3v) is 5.07. The van der Waals surface area contributed by atoms with Crippen LogP contribution in [-0.4, -0.2) is 36.0 Å². The second-order valence-electron chi connectivity index (χ2n) is 6.84. The molecule has 0 radical (unpaired) electrons. The van der Waals surface area contributed by atoms with Crippen LogP contribution in [0.1, 0.15) is 18.9 Å². The van der Waals surface area contributed by atoms with Crippen molar-refractivity contribution in [2.24, 2.45) is 0 Å². The van der Waals surface area contributed by atoms with Crippen molar-refractivity contribution in [3.8, 4) is 0 Å². The Morgan fingerprint density at radius 2 is 1.93 bits per heavy atom. The number of nitrogens with one attached hydrogen (secondary N) is 2. The Hall–Kier alpha value is -2.25. The summed E-state index contributed by atoms with van der Waals surface area (Å²) in [7, 11) is 0. The lowest BCUT2D eigenvalue weighted by atomic mass is 10.1. The maximum absolute atomic E-state index is 13.2. The van der Waals surface area contributed by atoms with E-state index >= 15 is 0 Å². The first kappa shape index (κ1) is 20.5. The van der Waals surface area contributed by atoms with E-state index in [1.54, 1.807) is 6.92 Å². The quantitative estimate of drug-likeness (QED) is 0.737. The van der Waals surface area contributed by atoms with Crippen molar-refractivity contribution < 1.29 is 18.0 Å². The lowest BCUT2D eigenvalue weighted by Crippen LogP contribution is -2.41. The first-order chi connectivity index (χ1) is 13.2. The Labute approximate surface area is 166 Å². The molecule has 2 aromatic carbocycles. The van der Waals surface area contributed by atoms with E-state index in [0.717, 1.165) is 18.2 Å². The molecule has 3 rings (SSSR count). The first-order valence-corrected chi connectivity index (χ1v) is 9.35. The van der Waals surface area contributed by atoms with Gasteiger partial charge in [-0.1, -0.05) is 29.8 Å². The van der Waals surface area contributed by atoms with Gasteiger partial charge in [-0.3, -0.25) is 9.69 Å². The summed E-state index contributed by atoms with van der Waals surface area (Å²) in [5.74, 6) is -0.479. The van der Waals surface area contributed by atoms with Crippen molar-refractivity contribution >= 4 is 28.9 Å². The molecule has 0 bridgehead atoms. The number of hydrogen-bond acceptors (Lipinski definition) is 3. The number of alkyl halides is 3. The molecule has 0 spiro atoms. The molecule has 2 atom stereocenters. The van der Waals surface area contributed by atoms with Gasteiger partial charge in [0.15, 0.2) is 0 Å². The van der Waals surface area contributed by atoms with E-state index in [1.165, 1.54) is 12.1 Å². The fraction of sp³-hybridized carbons (Fsp3) is 0.350. The summed E-state index contributed by atoms with van der Waals surface area (Å²) in [5, 5.41) is 5.78.